The van der Waals surface area contributed by atoms with Crippen molar-refractivity contribution in [2.24, 2.45) is 5.16 Å². The van der Waals surface area contributed by atoms with Crippen molar-refractivity contribution in [3.05, 3.63) is 47.4 Å². The lowest BCUT2D eigenvalue weighted by Crippen LogP contribution is -2.71. The van der Waals surface area contributed by atoms with Crippen LogP contribution < -0.4 is 20.7 Å². The molecular weight excluding hydrogens is 494 g/mol. The van der Waals surface area contributed by atoms with Crippen molar-refractivity contribution in [1.29, 1.82) is 0 Å². The van der Waals surface area contributed by atoms with Gasteiger partial charge in [-0.05, 0) is 13.0 Å². The summed E-state index contributed by atoms with van der Waals surface area (Å²) >= 11 is 1.31. The van der Waals surface area contributed by atoms with E-state index in [1.807, 2.05) is 19.1 Å². The van der Waals surface area contributed by atoms with Crippen LogP contribution >= 0.6 is 11.8 Å². The third-order valence-electron chi connectivity index (χ3n) is 5.59. The van der Waals surface area contributed by atoms with Gasteiger partial charge in [0.25, 0.3) is 11.8 Å². The summed E-state index contributed by atoms with van der Waals surface area (Å²) in [6.45, 7) is 2.05. The van der Waals surface area contributed by atoms with E-state index in [2.05, 4.69) is 30.0 Å². The molecule has 2 atom stereocenters. The van der Waals surface area contributed by atoms with Gasteiger partial charge in [0, 0.05) is 22.8 Å². The van der Waals surface area contributed by atoms with Crippen LogP contribution in [0.15, 0.2) is 49.9 Å². The third kappa shape index (κ3) is 4.02. The molecule has 1 saturated heterocycles. The fourth-order valence-electron chi connectivity index (χ4n) is 4.08. The van der Waals surface area contributed by atoms with E-state index >= 15 is 0 Å². The van der Waals surface area contributed by atoms with Crippen molar-refractivity contribution in [3.8, 4) is 0 Å². The molecule has 0 saturated carbocycles. The molecular formula is C21H19N7O7S. The number of thioether (sulfide) groups is 1. The molecule has 3 aromatic rings. The van der Waals surface area contributed by atoms with Crippen molar-refractivity contribution in [2.75, 3.05) is 18.6 Å². The predicted octanol–water partition coefficient (Wildman–Crippen LogP) is -1.55. The standard InChI is InChI=1S/C21H19N7O7S/c1-9-5-10-3-4-27(7-12(10)34-9)6-11-8-36-19-14(18(30)28(19)15(11)20(31)32)23-17(29)13(25-33-2)16-24-21(22)35-26-16/h3-5,7,14,19H,6,8H2,1-2H3,(H3-,22,23,24,26,29,31,32)/t14?,19-/m0/s1. The number of nitrogens with zero attached hydrogens (tertiary/aromatic N) is 5. The molecule has 3 aromatic heterocycles. The number of hydrogen-bond acceptors (Lipinski definition) is 12. The monoisotopic (exact) mass is 513 g/mol. The van der Waals surface area contributed by atoms with Gasteiger partial charge >= 0.3 is 6.01 Å². The molecule has 1 unspecified atom stereocenters. The van der Waals surface area contributed by atoms with Gasteiger partial charge in [-0.2, -0.15) is 9.55 Å². The number of oxime groups is 1. The van der Waals surface area contributed by atoms with Gasteiger partial charge in [-0.1, -0.05) is 10.3 Å². The van der Waals surface area contributed by atoms with Crippen LogP contribution in [-0.2, 0) is 25.8 Å². The minimum Gasteiger partial charge on any atom is -0.543 e. The van der Waals surface area contributed by atoms with Crippen molar-refractivity contribution >= 4 is 52.2 Å². The molecule has 0 aromatic carbocycles. The fraction of sp³-hybridized carbons (Fsp3) is 0.286. The molecule has 1 fully saturated rings. The Morgan fingerprint density at radius 3 is 2.97 bits per heavy atom. The number of nitrogen functional groups attached to an aromatic ring is 1. The van der Waals surface area contributed by atoms with Gasteiger partial charge in [-0.15, -0.1) is 11.8 Å². The number of amides is 2. The molecule has 5 rings (SSSR count). The van der Waals surface area contributed by atoms with E-state index in [4.69, 9.17) is 10.2 Å². The number of aromatic nitrogens is 3. The van der Waals surface area contributed by atoms with Crippen LogP contribution in [0.1, 0.15) is 11.6 Å². The second-order valence-electron chi connectivity index (χ2n) is 7.97. The second kappa shape index (κ2) is 8.99. The van der Waals surface area contributed by atoms with Gasteiger partial charge in [-0.3, -0.25) is 14.5 Å². The molecule has 186 valence electrons. The number of nitrogens with two attached hydrogens (primary N) is 1. The second-order valence-corrected chi connectivity index (χ2v) is 9.08. The van der Waals surface area contributed by atoms with Crippen molar-refractivity contribution < 1.29 is 37.8 Å². The van der Waals surface area contributed by atoms with E-state index in [0.29, 0.717) is 16.9 Å². The van der Waals surface area contributed by atoms with E-state index in [-0.39, 0.29) is 29.8 Å². The van der Waals surface area contributed by atoms with Gasteiger partial charge in [0.2, 0.25) is 17.7 Å². The molecule has 5 heterocycles. The summed E-state index contributed by atoms with van der Waals surface area (Å²) in [5.41, 5.74) is 5.97. The van der Waals surface area contributed by atoms with Gasteiger partial charge in [0.05, 0.1) is 11.7 Å². The first kappa shape index (κ1) is 23.3. The molecule has 36 heavy (non-hydrogen) atoms. The average Bonchev–Trinajstić information content (AvgIpc) is 3.44. The number of furan rings is 1. The smallest absolute Gasteiger partial charge is 0.319 e. The van der Waals surface area contributed by atoms with Crippen LogP contribution in [0.2, 0.25) is 0 Å². The first-order chi connectivity index (χ1) is 17.3. The topological polar surface area (TPSA) is 193 Å². The quantitative estimate of drug-likeness (QED) is 0.161. The molecule has 2 amide bonds. The van der Waals surface area contributed by atoms with Crippen LogP contribution in [-0.4, -0.2) is 62.8 Å². The normalized spacial score (nSPS) is 19.8. The molecule has 2 aliphatic rings. The number of fused-ring (bicyclic) bond motifs is 2. The number of carbonyl (C=O) groups is 3. The van der Waals surface area contributed by atoms with Crippen LogP contribution in [0.3, 0.4) is 0 Å². The van der Waals surface area contributed by atoms with Gasteiger partial charge in [0.1, 0.15) is 24.3 Å². The molecule has 2 aliphatic heterocycles. The highest BCUT2D eigenvalue weighted by atomic mass is 32.2. The molecule has 0 bridgehead atoms. The zero-order valence-corrected chi connectivity index (χ0v) is 19.8. The Morgan fingerprint density at radius 2 is 2.28 bits per heavy atom. The largest absolute Gasteiger partial charge is 0.543 e. The summed E-state index contributed by atoms with van der Waals surface area (Å²) in [6.07, 6.45) is 3.57. The molecule has 14 nitrogen and oxygen atoms in total. The number of pyridine rings is 1. The number of nitrogens with one attached hydrogen (secondary N) is 1. The molecule has 15 heteroatoms. The maximum Gasteiger partial charge on any atom is 0.319 e. The predicted molar refractivity (Wildman–Crippen MR) is 120 cm³/mol. The van der Waals surface area contributed by atoms with Crippen molar-refractivity contribution in [2.45, 2.75) is 24.9 Å². The van der Waals surface area contributed by atoms with Crippen LogP contribution in [0, 0.1) is 6.92 Å². The molecule has 0 spiro atoms. The summed E-state index contributed by atoms with van der Waals surface area (Å²) in [6, 6.07) is 2.46. The van der Waals surface area contributed by atoms with E-state index in [0.717, 1.165) is 16.0 Å². The SMILES string of the molecule is CON=C(C(=O)NC1C(=O)N2C(C(=O)[O-])=C(C[n+]3ccc4cc(C)oc4c3)CS[C@@H]12)c1noc(N)n1. The summed E-state index contributed by atoms with van der Waals surface area (Å²) in [7, 11) is 1.21. The number of hydrogen-bond donors (Lipinski definition) is 2. The highest BCUT2D eigenvalue weighted by molar-refractivity contribution is 8.00. The zero-order valence-electron chi connectivity index (χ0n) is 19.0. The van der Waals surface area contributed by atoms with Crippen LogP contribution in [0.4, 0.5) is 6.01 Å². The van der Waals surface area contributed by atoms with Gasteiger partial charge in [-0.25, -0.2) is 0 Å². The molecule has 0 radical (unpaired) electrons. The van der Waals surface area contributed by atoms with E-state index < -0.39 is 29.2 Å². The average molecular weight is 513 g/mol. The van der Waals surface area contributed by atoms with Crippen molar-refractivity contribution in [3.63, 3.8) is 0 Å². The first-order valence-corrected chi connectivity index (χ1v) is 11.6. The van der Waals surface area contributed by atoms with Crippen LogP contribution in [0.25, 0.3) is 11.0 Å². The Balaban J connectivity index is 1.36. The Hall–Kier alpha value is -4.40. The number of rotatable bonds is 7. The Bertz CT molecular complexity index is 1460. The summed E-state index contributed by atoms with van der Waals surface area (Å²) in [4.78, 5) is 47.3. The maximum absolute atomic E-state index is 13.0. The number of carbonyl (C=O) groups excluding carboxylic acids is 3. The van der Waals surface area contributed by atoms with E-state index in [1.165, 1.54) is 18.9 Å². The summed E-state index contributed by atoms with van der Waals surface area (Å²) < 4.78 is 12.1. The van der Waals surface area contributed by atoms with E-state index in [1.54, 1.807) is 17.0 Å². The molecule has 0 aliphatic carbocycles. The number of aryl methyl sites for hydroxylation is 1. The number of β-lactam (4-membered cyclic amide) rings is 1. The number of aliphatic carboxylic acids is 1. The molecule has 3 N–H and O–H groups in total. The van der Waals surface area contributed by atoms with Gasteiger partial charge < -0.3 is 34.7 Å². The highest BCUT2D eigenvalue weighted by Crippen LogP contribution is 2.40. The van der Waals surface area contributed by atoms with E-state index in [9.17, 15) is 19.5 Å². The van der Waals surface area contributed by atoms with Crippen LogP contribution in [0.5, 0.6) is 0 Å². The number of anilines is 1. The number of carboxylic acids is 1. The minimum absolute atomic E-state index is 0.212. The minimum atomic E-state index is -1.48. The lowest BCUT2D eigenvalue weighted by atomic mass is 10.0. The lowest BCUT2D eigenvalue weighted by molar-refractivity contribution is -0.688. The Labute approximate surface area is 206 Å². The fourth-order valence-corrected chi connectivity index (χ4v) is 5.42. The highest BCUT2D eigenvalue weighted by Gasteiger charge is 2.53. The summed E-state index contributed by atoms with van der Waals surface area (Å²) in [5, 5.41) is 22.0. The van der Waals surface area contributed by atoms with Crippen molar-refractivity contribution in [1.82, 2.24) is 20.4 Å². The Kier molecular flexibility index (Phi) is 5.83. The zero-order chi connectivity index (χ0) is 25.6. The summed E-state index contributed by atoms with van der Waals surface area (Å²) in [5.74, 6) is -2.08. The third-order valence-corrected chi connectivity index (χ3v) is 6.93. The lowest BCUT2D eigenvalue weighted by Gasteiger charge is -2.50. The number of carboxylic acid groups (broad SMARTS) is 1. The van der Waals surface area contributed by atoms with Gasteiger partial charge in [0.15, 0.2) is 18.3 Å². The first-order valence-electron chi connectivity index (χ1n) is 10.6. The maximum atomic E-state index is 13.0. The Morgan fingerprint density at radius 1 is 1.47 bits per heavy atom.